The topological polar surface area (TPSA) is 56.5 Å². The van der Waals surface area contributed by atoms with Crippen molar-refractivity contribution in [2.24, 2.45) is 7.05 Å². The predicted octanol–water partition coefficient (Wildman–Crippen LogP) is -0.290. The van der Waals surface area contributed by atoms with E-state index >= 15 is 0 Å². The molecule has 0 aromatic carbocycles. The van der Waals surface area contributed by atoms with Crippen molar-refractivity contribution in [1.29, 1.82) is 0 Å². The summed E-state index contributed by atoms with van der Waals surface area (Å²) in [6.45, 7) is 0. The fraction of sp³-hybridized carbons (Fsp3) is 0.200. The van der Waals surface area contributed by atoms with Crippen LogP contribution in [0.1, 0.15) is 0 Å². The van der Waals surface area contributed by atoms with Crippen LogP contribution >= 0.6 is 0 Å². The highest BCUT2D eigenvalue weighted by Crippen LogP contribution is 2.08. The molecule has 2 heterocycles. The number of fused-ring (bicyclic) bond motifs is 1. The largest absolute Gasteiger partial charge is 0.255 e. The van der Waals surface area contributed by atoms with Gasteiger partial charge in [0.05, 0.1) is 6.20 Å². The lowest BCUT2D eigenvalue weighted by atomic mass is 10.5. The molecule has 2 rings (SSSR count). The van der Waals surface area contributed by atoms with E-state index in [1.54, 1.807) is 17.9 Å². The van der Waals surface area contributed by atoms with Gasteiger partial charge in [-0.2, -0.15) is 0 Å². The molecule has 0 atom stereocenters. The van der Waals surface area contributed by atoms with E-state index in [1.807, 2.05) is 0 Å². The molecule has 5 heteroatoms. The summed E-state index contributed by atoms with van der Waals surface area (Å²) < 4.78 is 1.59. The lowest BCUT2D eigenvalue weighted by Gasteiger charge is -1.95. The van der Waals surface area contributed by atoms with Crippen LogP contribution < -0.4 is 0 Å². The Bertz CT molecular complexity index is 314. The van der Waals surface area contributed by atoms with E-state index in [-0.39, 0.29) is 0 Å². The minimum Gasteiger partial charge on any atom is -0.255 e. The lowest BCUT2D eigenvalue weighted by Crippen LogP contribution is -2.01. The quantitative estimate of drug-likeness (QED) is 0.498. The first kappa shape index (κ1) is 5.28. The molecule has 0 radical (unpaired) electrons. The van der Waals surface area contributed by atoms with Gasteiger partial charge in [0.2, 0.25) is 5.82 Å². The van der Waals surface area contributed by atoms with Gasteiger partial charge in [0, 0.05) is 7.05 Å². The SMILES string of the molecule is Cn1cc2ncnc-2nn1. The zero-order valence-electron chi connectivity index (χ0n) is 5.39. The molecule has 5 nitrogen and oxygen atoms in total. The van der Waals surface area contributed by atoms with Crippen molar-refractivity contribution >= 4 is 0 Å². The Morgan fingerprint density at radius 3 is 3.20 bits per heavy atom. The molecule has 0 fully saturated rings. The molecular formula is C5H5N5. The number of imidazole rings is 1. The molecule has 50 valence electrons. The van der Waals surface area contributed by atoms with Crippen LogP contribution in [0.4, 0.5) is 0 Å². The van der Waals surface area contributed by atoms with E-state index in [0.29, 0.717) is 5.82 Å². The lowest BCUT2D eigenvalue weighted by molar-refractivity contribution is 0.663. The van der Waals surface area contributed by atoms with Gasteiger partial charge in [0.1, 0.15) is 12.0 Å². The zero-order chi connectivity index (χ0) is 6.97. The third-order valence-corrected chi connectivity index (χ3v) is 1.20. The Morgan fingerprint density at radius 2 is 2.30 bits per heavy atom. The van der Waals surface area contributed by atoms with Crippen LogP contribution in [0.2, 0.25) is 0 Å². The van der Waals surface area contributed by atoms with Crippen molar-refractivity contribution in [1.82, 2.24) is 25.0 Å². The number of nitrogens with zero attached hydrogens (tertiary/aromatic N) is 5. The number of rotatable bonds is 0. The van der Waals surface area contributed by atoms with Crippen LogP contribution in [0.15, 0.2) is 12.5 Å². The van der Waals surface area contributed by atoms with Crippen molar-refractivity contribution in [2.45, 2.75) is 0 Å². The standard InChI is InChI=1S/C5H5N5/c1-10-2-4-5(8-9-10)7-3-6-4/h2-3H,1H3. The summed E-state index contributed by atoms with van der Waals surface area (Å²) in [6.07, 6.45) is 3.24. The maximum Gasteiger partial charge on any atom is 0.205 e. The fourth-order valence-corrected chi connectivity index (χ4v) is 0.753. The molecule has 10 heavy (non-hydrogen) atoms. The average Bonchev–Trinajstić information content (AvgIpc) is 2.33. The molecule has 0 N–H and O–H groups in total. The Hall–Kier alpha value is -1.52. The minimum absolute atomic E-state index is 0.595. The minimum atomic E-state index is 0.595. The van der Waals surface area contributed by atoms with Gasteiger partial charge in [-0.25, -0.2) is 9.97 Å². The highest BCUT2D eigenvalue weighted by Gasteiger charge is 2.05. The second-order valence-corrected chi connectivity index (χ2v) is 1.97. The van der Waals surface area contributed by atoms with Crippen molar-refractivity contribution < 1.29 is 0 Å². The molecule has 0 amide bonds. The van der Waals surface area contributed by atoms with E-state index in [2.05, 4.69) is 20.3 Å². The van der Waals surface area contributed by atoms with Gasteiger partial charge in [-0.15, -0.1) is 5.10 Å². The van der Waals surface area contributed by atoms with Crippen LogP contribution in [-0.4, -0.2) is 25.0 Å². The smallest absolute Gasteiger partial charge is 0.205 e. The van der Waals surface area contributed by atoms with Crippen molar-refractivity contribution in [3.63, 3.8) is 0 Å². The van der Waals surface area contributed by atoms with Crippen molar-refractivity contribution in [3.8, 4) is 11.5 Å². The van der Waals surface area contributed by atoms with Gasteiger partial charge >= 0.3 is 0 Å². The van der Waals surface area contributed by atoms with Gasteiger partial charge in [0.25, 0.3) is 0 Å². The molecule has 0 saturated carbocycles. The molecule has 0 aliphatic carbocycles. The Balaban J connectivity index is 2.75. The molecule has 2 aliphatic heterocycles. The molecule has 0 bridgehead atoms. The Morgan fingerprint density at radius 1 is 1.40 bits per heavy atom. The molecular weight excluding hydrogens is 130 g/mol. The van der Waals surface area contributed by atoms with E-state index < -0.39 is 0 Å². The Kier molecular flexibility index (Phi) is 0.913. The monoisotopic (exact) mass is 135 g/mol. The van der Waals surface area contributed by atoms with Crippen LogP contribution in [0.5, 0.6) is 0 Å². The average molecular weight is 135 g/mol. The normalized spacial score (nSPS) is 10.5. The molecule has 0 aromatic heterocycles. The predicted molar refractivity (Wildman–Crippen MR) is 33.2 cm³/mol. The second kappa shape index (κ2) is 1.73. The van der Waals surface area contributed by atoms with Crippen molar-refractivity contribution in [2.75, 3.05) is 0 Å². The first-order valence-electron chi connectivity index (χ1n) is 2.83. The van der Waals surface area contributed by atoms with Gasteiger partial charge in [-0.3, -0.25) is 4.68 Å². The summed E-state index contributed by atoms with van der Waals surface area (Å²) in [6, 6.07) is 0. The first-order valence-corrected chi connectivity index (χ1v) is 2.83. The van der Waals surface area contributed by atoms with Crippen LogP contribution in [0, 0.1) is 0 Å². The number of aromatic nitrogens is 5. The van der Waals surface area contributed by atoms with Crippen molar-refractivity contribution in [3.05, 3.63) is 12.5 Å². The molecule has 0 unspecified atom stereocenters. The van der Waals surface area contributed by atoms with Gasteiger partial charge in [0.15, 0.2) is 0 Å². The third-order valence-electron chi connectivity index (χ3n) is 1.20. The molecule has 0 spiro atoms. The first-order chi connectivity index (χ1) is 4.86. The molecule has 0 aromatic rings. The summed E-state index contributed by atoms with van der Waals surface area (Å²) >= 11 is 0. The number of aryl methyl sites for hydroxylation is 1. The maximum atomic E-state index is 3.95. The summed E-state index contributed by atoms with van der Waals surface area (Å²) in [7, 11) is 1.79. The Labute approximate surface area is 57.1 Å². The fourth-order valence-electron chi connectivity index (χ4n) is 0.753. The van der Waals surface area contributed by atoms with Gasteiger partial charge < -0.3 is 0 Å². The van der Waals surface area contributed by atoms with Crippen LogP contribution in [0.3, 0.4) is 0 Å². The zero-order valence-corrected chi connectivity index (χ0v) is 5.39. The number of hydrogen-bond acceptors (Lipinski definition) is 4. The maximum absolute atomic E-state index is 3.95. The second-order valence-electron chi connectivity index (χ2n) is 1.97. The summed E-state index contributed by atoms with van der Waals surface area (Å²) in [5, 5.41) is 7.52. The van der Waals surface area contributed by atoms with Crippen LogP contribution in [-0.2, 0) is 7.05 Å². The van der Waals surface area contributed by atoms with E-state index in [9.17, 15) is 0 Å². The van der Waals surface area contributed by atoms with Gasteiger partial charge in [-0.05, 0) is 0 Å². The molecule has 0 saturated heterocycles. The van der Waals surface area contributed by atoms with E-state index in [1.165, 1.54) is 6.33 Å². The van der Waals surface area contributed by atoms with E-state index in [4.69, 9.17) is 0 Å². The highest BCUT2D eigenvalue weighted by molar-refractivity contribution is 5.46. The van der Waals surface area contributed by atoms with Gasteiger partial charge in [-0.1, -0.05) is 5.21 Å². The van der Waals surface area contributed by atoms with Crippen LogP contribution in [0.25, 0.3) is 11.5 Å². The summed E-state index contributed by atoms with van der Waals surface area (Å²) in [4.78, 5) is 7.81. The third kappa shape index (κ3) is 0.637. The van der Waals surface area contributed by atoms with E-state index in [0.717, 1.165) is 5.69 Å². The summed E-state index contributed by atoms with van der Waals surface area (Å²) in [5.74, 6) is 0.595. The molecule has 2 aliphatic rings. The number of hydrogen-bond donors (Lipinski definition) is 0. The summed E-state index contributed by atoms with van der Waals surface area (Å²) in [5.41, 5.74) is 0.775. The highest BCUT2D eigenvalue weighted by atomic mass is 15.4.